The molecule has 0 radical (unpaired) electrons. The van der Waals surface area contributed by atoms with E-state index in [0.717, 1.165) is 36.3 Å². The van der Waals surface area contributed by atoms with Crippen molar-refractivity contribution in [2.24, 2.45) is 10.9 Å². The van der Waals surface area contributed by atoms with Crippen LogP contribution in [0.4, 0.5) is 5.69 Å². The Morgan fingerprint density at radius 2 is 2.26 bits per heavy atom. The lowest BCUT2D eigenvalue weighted by Gasteiger charge is -2.27. The molecule has 19 heavy (non-hydrogen) atoms. The summed E-state index contributed by atoms with van der Waals surface area (Å²) in [5.74, 6) is 1.37. The molecule has 1 unspecified atom stereocenters. The Bertz CT molecular complexity index is 460. The molecule has 2 heteroatoms. The van der Waals surface area contributed by atoms with Gasteiger partial charge in [0.2, 0.25) is 0 Å². The molecule has 0 amide bonds. The highest BCUT2D eigenvalue weighted by atomic mass is 16.5. The minimum atomic E-state index is 0.373. The fourth-order valence-corrected chi connectivity index (χ4v) is 1.91. The molecule has 0 aromatic heterocycles. The predicted molar refractivity (Wildman–Crippen MR) is 82.4 cm³/mol. The second-order valence-corrected chi connectivity index (χ2v) is 5.23. The van der Waals surface area contributed by atoms with Crippen LogP contribution < -0.4 is 4.74 Å². The van der Waals surface area contributed by atoms with Crippen LogP contribution >= 0.6 is 0 Å². The van der Waals surface area contributed by atoms with Gasteiger partial charge < -0.3 is 4.74 Å². The Balaban J connectivity index is 2.25. The van der Waals surface area contributed by atoms with Crippen LogP contribution in [0.25, 0.3) is 6.08 Å². The molecule has 0 bridgehead atoms. The third-order valence-electron chi connectivity index (χ3n) is 3.70. The molecule has 1 fully saturated rings. The zero-order valence-electron chi connectivity index (χ0n) is 11.9. The molecule has 2 rings (SSSR count). The van der Waals surface area contributed by atoms with Gasteiger partial charge in [0.05, 0.1) is 6.10 Å². The van der Waals surface area contributed by atoms with Crippen LogP contribution in [0, 0.1) is 5.92 Å². The first-order valence-corrected chi connectivity index (χ1v) is 7.21. The minimum absolute atomic E-state index is 0.373. The predicted octanol–water partition coefficient (Wildman–Crippen LogP) is 5.01. The molecule has 1 aromatic rings. The van der Waals surface area contributed by atoms with Crippen LogP contribution in [0.3, 0.4) is 0 Å². The lowest BCUT2D eigenvalue weighted by Crippen LogP contribution is -2.24. The average Bonchev–Trinajstić information content (AvgIpc) is 2.40. The maximum absolute atomic E-state index is 6.03. The van der Waals surface area contributed by atoms with Crippen molar-refractivity contribution in [3.63, 3.8) is 0 Å². The molecule has 0 spiro atoms. The van der Waals surface area contributed by atoms with E-state index in [1.807, 2.05) is 30.5 Å². The van der Waals surface area contributed by atoms with Gasteiger partial charge in [-0.3, -0.25) is 4.99 Å². The maximum atomic E-state index is 6.03. The molecule has 1 saturated carbocycles. The Morgan fingerprint density at radius 3 is 2.84 bits per heavy atom. The molecule has 0 heterocycles. The molecule has 1 aliphatic rings. The molecule has 0 saturated heterocycles. The van der Waals surface area contributed by atoms with E-state index in [0.29, 0.717) is 12.0 Å². The van der Waals surface area contributed by atoms with Crippen molar-refractivity contribution in [2.75, 3.05) is 0 Å². The number of rotatable bonds is 6. The minimum Gasteiger partial charge on any atom is -0.488 e. The van der Waals surface area contributed by atoms with Gasteiger partial charge in [-0.25, -0.2) is 0 Å². The number of ether oxygens (including phenoxy) is 1. The second kappa shape index (κ2) is 6.55. The lowest BCUT2D eigenvalue weighted by atomic mass is 9.96. The Kier molecular flexibility index (Phi) is 4.78. The van der Waals surface area contributed by atoms with Crippen molar-refractivity contribution in [1.29, 1.82) is 0 Å². The van der Waals surface area contributed by atoms with E-state index >= 15 is 0 Å². The van der Waals surface area contributed by atoms with Gasteiger partial charge in [-0.1, -0.05) is 38.6 Å². The van der Waals surface area contributed by atoms with Crippen LogP contribution in [0.15, 0.2) is 29.8 Å². The maximum Gasteiger partial charge on any atom is 0.145 e. The van der Waals surface area contributed by atoms with Gasteiger partial charge in [-0.15, -0.1) is 0 Å². The summed E-state index contributed by atoms with van der Waals surface area (Å²) >= 11 is 0. The summed E-state index contributed by atoms with van der Waals surface area (Å²) in [5.41, 5.74) is 1.96. The number of aliphatic imine (C=N–C) groups is 1. The highest BCUT2D eigenvalue weighted by molar-refractivity contribution is 5.75. The summed E-state index contributed by atoms with van der Waals surface area (Å²) in [5, 5.41) is 0. The van der Waals surface area contributed by atoms with Crippen LogP contribution in [0.1, 0.15) is 45.1 Å². The van der Waals surface area contributed by atoms with Crippen molar-refractivity contribution >= 4 is 18.0 Å². The van der Waals surface area contributed by atoms with Crippen LogP contribution in [-0.4, -0.2) is 12.3 Å². The molecule has 1 aromatic carbocycles. The summed E-state index contributed by atoms with van der Waals surface area (Å²) in [6.07, 6.45) is 8.92. The molecular formula is C17H23NO. The Morgan fingerprint density at radius 1 is 1.47 bits per heavy atom. The monoisotopic (exact) mass is 257 g/mol. The van der Waals surface area contributed by atoms with E-state index < -0.39 is 0 Å². The van der Waals surface area contributed by atoms with Crippen molar-refractivity contribution in [3.8, 4) is 5.75 Å². The first kappa shape index (κ1) is 13.9. The third-order valence-corrected chi connectivity index (χ3v) is 3.70. The summed E-state index contributed by atoms with van der Waals surface area (Å²) in [4.78, 5) is 4.64. The van der Waals surface area contributed by atoms with Crippen LogP contribution in [0.2, 0.25) is 0 Å². The number of hydrogen-bond donors (Lipinski definition) is 0. The highest BCUT2D eigenvalue weighted by Crippen LogP contribution is 2.35. The van der Waals surface area contributed by atoms with E-state index in [1.54, 1.807) is 0 Å². The molecule has 0 N–H and O–H groups in total. The fourth-order valence-electron chi connectivity index (χ4n) is 1.91. The van der Waals surface area contributed by atoms with Crippen molar-refractivity contribution in [2.45, 2.75) is 45.6 Å². The highest BCUT2D eigenvalue weighted by Gasteiger charge is 2.20. The van der Waals surface area contributed by atoms with E-state index in [4.69, 9.17) is 4.74 Å². The van der Waals surface area contributed by atoms with Gasteiger partial charge in [0, 0.05) is 11.8 Å². The molecule has 2 nitrogen and oxygen atoms in total. The van der Waals surface area contributed by atoms with Gasteiger partial charge in [0.15, 0.2) is 0 Å². The smallest absolute Gasteiger partial charge is 0.145 e. The largest absolute Gasteiger partial charge is 0.488 e. The van der Waals surface area contributed by atoms with Crippen molar-refractivity contribution in [1.82, 2.24) is 0 Å². The zero-order valence-corrected chi connectivity index (χ0v) is 11.9. The molecule has 1 atom stereocenters. The first-order chi connectivity index (χ1) is 9.24. The SMILES string of the molecule is C=Cc1cccc(OC2CCC2)c1N=CC(C)CC. The first-order valence-electron chi connectivity index (χ1n) is 7.21. The van der Waals surface area contributed by atoms with E-state index in [1.165, 1.54) is 6.42 Å². The van der Waals surface area contributed by atoms with Crippen molar-refractivity contribution < 1.29 is 4.74 Å². The Hall–Kier alpha value is -1.57. The topological polar surface area (TPSA) is 21.6 Å². The quantitative estimate of drug-likeness (QED) is 0.656. The average molecular weight is 257 g/mol. The summed E-state index contributed by atoms with van der Waals surface area (Å²) in [6, 6.07) is 6.05. The fraction of sp³-hybridized carbons (Fsp3) is 0.471. The van der Waals surface area contributed by atoms with Gasteiger partial charge in [0.1, 0.15) is 11.4 Å². The summed E-state index contributed by atoms with van der Waals surface area (Å²) in [6.45, 7) is 8.21. The molecular weight excluding hydrogens is 234 g/mol. The van der Waals surface area contributed by atoms with E-state index in [-0.39, 0.29) is 0 Å². The number of nitrogens with zero attached hydrogens (tertiary/aromatic N) is 1. The van der Waals surface area contributed by atoms with E-state index in [2.05, 4.69) is 25.4 Å². The third kappa shape index (κ3) is 3.46. The van der Waals surface area contributed by atoms with Crippen LogP contribution in [0.5, 0.6) is 5.75 Å². The van der Waals surface area contributed by atoms with Gasteiger partial charge in [-0.05, 0) is 37.7 Å². The Labute approximate surface area is 116 Å². The van der Waals surface area contributed by atoms with Crippen LogP contribution in [-0.2, 0) is 0 Å². The number of hydrogen-bond acceptors (Lipinski definition) is 2. The van der Waals surface area contributed by atoms with E-state index in [9.17, 15) is 0 Å². The second-order valence-electron chi connectivity index (χ2n) is 5.23. The summed E-state index contributed by atoms with van der Waals surface area (Å²) < 4.78 is 6.03. The summed E-state index contributed by atoms with van der Waals surface area (Å²) in [7, 11) is 0. The van der Waals surface area contributed by atoms with Gasteiger partial charge in [-0.2, -0.15) is 0 Å². The normalized spacial score (nSPS) is 17.2. The molecule has 102 valence electrons. The molecule has 1 aliphatic carbocycles. The number of benzene rings is 1. The number of para-hydroxylation sites is 1. The van der Waals surface area contributed by atoms with Crippen molar-refractivity contribution in [3.05, 3.63) is 30.3 Å². The van der Waals surface area contributed by atoms with Gasteiger partial charge in [0.25, 0.3) is 0 Å². The zero-order chi connectivity index (χ0) is 13.7. The van der Waals surface area contributed by atoms with Gasteiger partial charge >= 0.3 is 0 Å². The lowest BCUT2D eigenvalue weighted by molar-refractivity contribution is 0.121. The molecule has 0 aliphatic heterocycles. The standard InChI is InChI=1S/C17H23NO/c1-4-13(3)12-18-17-14(5-2)8-6-11-16(17)19-15-9-7-10-15/h5-6,8,11-13,15H,2,4,7,9-10H2,1,3H3.